The number of aromatic nitrogens is 2. The molecule has 1 aromatic heterocycles. The number of aryl methyl sites for hydroxylation is 1. The molecule has 15 heavy (non-hydrogen) atoms. The van der Waals surface area contributed by atoms with Crippen LogP contribution in [0.25, 0.3) is 0 Å². The topological polar surface area (TPSA) is 50.1 Å². The molecule has 1 heterocycles. The molecular formula is C11H21N3O. The van der Waals surface area contributed by atoms with Crippen molar-refractivity contribution in [2.75, 3.05) is 6.61 Å². The van der Waals surface area contributed by atoms with Gasteiger partial charge in [0, 0.05) is 25.5 Å². The standard InChI is InChI=1S/C11H21N3O/c1-8(2)10(7-15)13-9(3)11-12-5-6-14(11)4/h5-6,8-10,13,15H,7H2,1-4H3/t9?,10-/m1/s1. The van der Waals surface area contributed by atoms with Crippen LogP contribution in [0.3, 0.4) is 0 Å². The van der Waals surface area contributed by atoms with Crippen LogP contribution in [0.15, 0.2) is 12.4 Å². The highest BCUT2D eigenvalue weighted by atomic mass is 16.3. The van der Waals surface area contributed by atoms with Crippen LogP contribution in [-0.4, -0.2) is 27.3 Å². The smallest absolute Gasteiger partial charge is 0.125 e. The first-order chi connectivity index (χ1) is 7.06. The molecule has 1 aromatic rings. The highest BCUT2D eigenvalue weighted by Crippen LogP contribution is 2.12. The normalized spacial score (nSPS) is 15.6. The summed E-state index contributed by atoms with van der Waals surface area (Å²) in [6, 6.07) is 0.279. The van der Waals surface area contributed by atoms with Gasteiger partial charge in [0.25, 0.3) is 0 Å². The monoisotopic (exact) mass is 211 g/mol. The molecule has 1 unspecified atom stereocenters. The Morgan fingerprint density at radius 3 is 2.53 bits per heavy atom. The fourth-order valence-electron chi connectivity index (χ4n) is 1.65. The van der Waals surface area contributed by atoms with Crippen molar-refractivity contribution in [3.63, 3.8) is 0 Å². The van der Waals surface area contributed by atoms with Gasteiger partial charge in [-0.2, -0.15) is 0 Å². The lowest BCUT2D eigenvalue weighted by molar-refractivity contribution is 0.199. The van der Waals surface area contributed by atoms with Crippen molar-refractivity contribution >= 4 is 0 Å². The summed E-state index contributed by atoms with van der Waals surface area (Å²) in [6.07, 6.45) is 3.72. The average molecular weight is 211 g/mol. The molecule has 0 saturated carbocycles. The summed E-state index contributed by atoms with van der Waals surface area (Å²) in [7, 11) is 1.98. The van der Waals surface area contributed by atoms with E-state index in [9.17, 15) is 5.11 Å². The largest absolute Gasteiger partial charge is 0.395 e. The van der Waals surface area contributed by atoms with Crippen molar-refractivity contribution in [1.82, 2.24) is 14.9 Å². The summed E-state index contributed by atoms with van der Waals surface area (Å²) >= 11 is 0. The van der Waals surface area contributed by atoms with Crippen molar-refractivity contribution < 1.29 is 5.11 Å². The van der Waals surface area contributed by atoms with E-state index in [1.807, 2.05) is 17.8 Å². The van der Waals surface area contributed by atoms with Crippen molar-refractivity contribution in [2.45, 2.75) is 32.9 Å². The minimum absolute atomic E-state index is 0.122. The van der Waals surface area contributed by atoms with E-state index >= 15 is 0 Å². The summed E-state index contributed by atoms with van der Waals surface area (Å²) in [5.41, 5.74) is 0. The molecule has 0 aromatic carbocycles. The van der Waals surface area contributed by atoms with Crippen molar-refractivity contribution in [3.05, 3.63) is 18.2 Å². The minimum Gasteiger partial charge on any atom is -0.395 e. The maximum atomic E-state index is 9.22. The summed E-state index contributed by atoms with van der Waals surface area (Å²) < 4.78 is 1.99. The van der Waals surface area contributed by atoms with Gasteiger partial charge in [-0.15, -0.1) is 0 Å². The van der Waals surface area contributed by atoms with Gasteiger partial charge in [0.15, 0.2) is 0 Å². The van der Waals surface area contributed by atoms with E-state index in [-0.39, 0.29) is 18.7 Å². The van der Waals surface area contributed by atoms with E-state index in [1.54, 1.807) is 6.20 Å². The SMILES string of the molecule is CC(N[C@H](CO)C(C)C)c1nccn1C. The highest BCUT2D eigenvalue weighted by Gasteiger charge is 2.17. The molecule has 0 amide bonds. The summed E-state index contributed by atoms with van der Waals surface area (Å²) in [5.74, 6) is 1.41. The van der Waals surface area contributed by atoms with E-state index in [1.165, 1.54) is 0 Å². The lowest BCUT2D eigenvalue weighted by Gasteiger charge is -2.24. The first kappa shape index (κ1) is 12.2. The quantitative estimate of drug-likeness (QED) is 0.766. The number of rotatable bonds is 5. The van der Waals surface area contributed by atoms with Crippen LogP contribution in [0, 0.1) is 5.92 Å². The Labute approximate surface area is 91.3 Å². The maximum absolute atomic E-state index is 9.22. The van der Waals surface area contributed by atoms with Crippen LogP contribution in [0.4, 0.5) is 0 Å². The van der Waals surface area contributed by atoms with Gasteiger partial charge in [0.1, 0.15) is 5.82 Å². The zero-order valence-electron chi connectivity index (χ0n) is 9.94. The molecular weight excluding hydrogens is 190 g/mol. The second-order valence-electron chi connectivity index (χ2n) is 4.32. The van der Waals surface area contributed by atoms with Crippen LogP contribution in [0.5, 0.6) is 0 Å². The van der Waals surface area contributed by atoms with Crippen LogP contribution in [0.1, 0.15) is 32.6 Å². The fourth-order valence-corrected chi connectivity index (χ4v) is 1.65. The van der Waals surface area contributed by atoms with Crippen molar-refractivity contribution in [2.24, 2.45) is 13.0 Å². The van der Waals surface area contributed by atoms with E-state index in [4.69, 9.17) is 0 Å². The average Bonchev–Trinajstić information content (AvgIpc) is 2.60. The molecule has 0 aliphatic heterocycles. The Morgan fingerprint density at radius 1 is 1.47 bits per heavy atom. The van der Waals surface area contributed by atoms with Gasteiger partial charge < -0.3 is 15.0 Å². The molecule has 86 valence electrons. The van der Waals surface area contributed by atoms with Gasteiger partial charge in [0.2, 0.25) is 0 Å². The number of nitrogens with one attached hydrogen (secondary N) is 1. The second kappa shape index (κ2) is 5.28. The van der Waals surface area contributed by atoms with Crippen molar-refractivity contribution in [3.8, 4) is 0 Å². The van der Waals surface area contributed by atoms with E-state index < -0.39 is 0 Å². The van der Waals surface area contributed by atoms with Gasteiger partial charge in [-0.3, -0.25) is 0 Å². The first-order valence-electron chi connectivity index (χ1n) is 5.40. The molecule has 4 heteroatoms. The van der Waals surface area contributed by atoms with Crippen LogP contribution in [0.2, 0.25) is 0 Å². The molecule has 0 radical (unpaired) electrons. The number of imidazole rings is 1. The molecule has 2 N–H and O–H groups in total. The Hall–Kier alpha value is -0.870. The van der Waals surface area contributed by atoms with Gasteiger partial charge in [-0.1, -0.05) is 13.8 Å². The molecule has 1 rings (SSSR count). The Morgan fingerprint density at radius 2 is 2.13 bits per heavy atom. The lowest BCUT2D eigenvalue weighted by Crippen LogP contribution is -2.39. The van der Waals surface area contributed by atoms with Crippen LogP contribution in [-0.2, 0) is 7.05 Å². The fraction of sp³-hybridized carbons (Fsp3) is 0.727. The molecule has 0 fully saturated rings. The molecule has 0 saturated heterocycles. The summed E-state index contributed by atoms with van der Waals surface area (Å²) in [5, 5.41) is 12.6. The number of hydrogen-bond donors (Lipinski definition) is 2. The van der Waals surface area contributed by atoms with Gasteiger partial charge in [0.05, 0.1) is 12.6 Å². The van der Waals surface area contributed by atoms with E-state index in [0.717, 1.165) is 5.82 Å². The Balaban J connectivity index is 2.62. The van der Waals surface area contributed by atoms with Crippen LogP contribution < -0.4 is 5.32 Å². The third kappa shape index (κ3) is 3.04. The molecule has 4 nitrogen and oxygen atoms in total. The summed E-state index contributed by atoms with van der Waals surface area (Å²) in [6.45, 7) is 6.41. The number of aliphatic hydroxyl groups is 1. The van der Waals surface area contributed by atoms with E-state index in [0.29, 0.717) is 5.92 Å². The predicted octanol–water partition coefficient (Wildman–Crippen LogP) is 1.09. The van der Waals surface area contributed by atoms with Crippen molar-refractivity contribution in [1.29, 1.82) is 0 Å². The molecule has 2 atom stereocenters. The Kier molecular flexibility index (Phi) is 4.29. The van der Waals surface area contributed by atoms with Crippen LogP contribution >= 0.6 is 0 Å². The number of aliphatic hydroxyl groups excluding tert-OH is 1. The third-order valence-electron chi connectivity index (χ3n) is 2.71. The zero-order valence-corrected chi connectivity index (χ0v) is 9.94. The first-order valence-corrected chi connectivity index (χ1v) is 5.40. The number of hydrogen-bond acceptors (Lipinski definition) is 3. The molecule has 0 bridgehead atoms. The third-order valence-corrected chi connectivity index (χ3v) is 2.71. The van der Waals surface area contributed by atoms with Gasteiger partial charge >= 0.3 is 0 Å². The predicted molar refractivity (Wildman–Crippen MR) is 60.5 cm³/mol. The van der Waals surface area contributed by atoms with E-state index in [2.05, 4.69) is 31.1 Å². The Bertz CT molecular complexity index is 296. The minimum atomic E-state index is 0.122. The summed E-state index contributed by atoms with van der Waals surface area (Å²) in [4.78, 5) is 4.28. The molecule has 0 aliphatic carbocycles. The second-order valence-corrected chi connectivity index (χ2v) is 4.32. The van der Waals surface area contributed by atoms with Gasteiger partial charge in [-0.25, -0.2) is 4.98 Å². The number of nitrogens with zero attached hydrogens (tertiary/aromatic N) is 2. The lowest BCUT2D eigenvalue weighted by atomic mass is 10.0. The highest BCUT2D eigenvalue weighted by molar-refractivity contribution is 4.97. The molecule has 0 spiro atoms. The molecule has 0 aliphatic rings. The maximum Gasteiger partial charge on any atom is 0.125 e. The van der Waals surface area contributed by atoms with Gasteiger partial charge in [-0.05, 0) is 12.8 Å². The zero-order chi connectivity index (χ0) is 11.4.